The van der Waals surface area contributed by atoms with Crippen molar-refractivity contribution in [2.45, 2.75) is 32.7 Å². The van der Waals surface area contributed by atoms with Crippen molar-refractivity contribution < 1.29 is 9.59 Å². The van der Waals surface area contributed by atoms with E-state index in [4.69, 9.17) is 0 Å². The van der Waals surface area contributed by atoms with Crippen LogP contribution in [-0.2, 0) is 9.59 Å². The zero-order chi connectivity index (χ0) is 13.1. The highest BCUT2D eigenvalue weighted by atomic mass is 16.2. The minimum absolute atomic E-state index is 0.0345. The summed E-state index contributed by atoms with van der Waals surface area (Å²) in [5.41, 5.74) is 0. The van der Waals surface area contributed by atoms with E-state index in [0.29, 0.717) is 25.0 Å². The molecule has 18 heavy (non-hydrogen) atoms. The molecule has 0 aromatic carbocycles. The summed E-state index contributed by atoms with van der Waals surface area (Å²) in [7, 11) is 0. The summed E-state index contributed by atoms with van der Waals surface area (Å²) in [5.74, 6) is 0.693. The summed E-state index contributed by atoms with van der Waals surface area (Å²) < 4.78 is 0. The zero-order valence-electron chi connectivity index (χ0n) is 11.3. The van der Waals surface area contributed by atoms with Crippen molar-refractivity contribution in [1.29, 1.82) is 0 Å². The molecule has 2 rings (SSSR count). The highest BCUT2D eigenvalue weighted by molar-refractivity contribution is 5.86. The van der Waals surface area contributed by atoms with E-state index >= 15 is 0 Å². The van der Waals surface area contributed by atoms with Crippen molar-refractivity contribution >= 4 is 11.8 Å². The molecule has 0 aliphatic carbocycles. The van der Waals surface area contributed by atoms with Gasteiger partial charge in [0.05, 0.1) is 13.1 Å². The van der Waals surface area contributed by atoms with Crippen LogP contribution in [-0.4, -0.2) is 60.4 Å². The molecule has 2 fully saturated rings. The lowest BCUT2D eigenvalue weighted by atomic mass is 9.92. The number of likely N-dealkylation sites (tertiary alicyclic amines) is 1. The smallest absolute Gasteiger partial charge is 0.242 e. The predicted molar refractivity (Wildman–Crippen MR) is 69.0 cm³/mol. The lowest BCUT2D eigenvalue weighted by molar-refractivity contribution is -0.143. The van der Waals surface area contributed by atoms with E-state index in [1.807, 2.05) is 4.90 Å². The molecule has 2 atom stereocenters. The normalized spacial score (nSPS) is 29.6. The van der Waals surface area contributed by atoms with E-state index in [9.17, 15) is 9.59 Å². The molecule has 0 radical (unpaired) electrons. The molecule has 2 aliphatic rings. The molecule has 2 aliphatic heterocycles. The SMILES string of the molecule is C[C@H]1CCCN(C(=O)CN2CCNCC2=O)[C@H]1C. The van der Waals surface area contributed by atoms with Gasteiger partial charge in [0.2, 0.25) is 11.8 Å². The predicted octanol–water partition coefficient (Wildman–Crippen LogP) is 0.0652. The van der Waals surface area contributed by atoms with Crippen LogP contribution in [0.15, 0.2) is 0 Å². The number of piperazine rings is 1. The Morgan fingerprint density at radius 2 is 2.17 bits per heavy atom. The molecule has 0 aromatic heterocycles. The van der Waals surface area contributed by atoms with Gasteiger partial charge in [-0.2, -0.15) is 0 Å². The monoisotopic (exact) mass is 253 g/mol. The van der Waals surface area contributed by atoms with Gasteiger partial charge >= 0.3 is 0 Å². The molecule has 102 valence electrons. The lowest BCUT2D eigenvalue weighted by Crippen LogP contribution is -2.54. The fraction of sp³-hybridized carbons (Fsp3) is 0.846. The van der Waals surface area contributed by atoms with E-state index in [1.54, 1.807) is 4.90 Å². The molecule has 1 N–H and O–H groups in total. The zero-order valence-corrected chi connectivity index (χ0v) is 11.3. The van der Waals surface area contributed by atoms with Crippen LogP contribution in [0.5, 0.6) is 0 Å². The Kier molecular flexibility index (Phi) is 4.22. The van der Waals surface area contributed by atoms with Crippen molar-refractivity contribution in [3.05, 3.63) is 0 Å². The second-order valence-corrected chi connectivity index (χ2v) is 5.44. The van der Waals surface area contributed by atoms with Crippen molar-refractivity contribution in [3.8, 4) is 0 Å². The Morgan fingerprint density at radius 3 is 2.89 bits per heavy atom. The average Bonchev–Trinajstić information content (AvgIpc) is 2.35. The first-order chi connectivity index (χ1) is 8.59. The molecule has 2 amide bonds. The summed E-state index contributed by atoms with van der Waals surface area (Å²) >= 11 is 0. The molecule has 0 spiro atoms. The number of rotatable bonds is 2. The Bertz CT molecular complexity index is 332. The number of piperidine rings is 1. The second-order valence-electron chi connectivity index (χ2n) is 5.44. The van der Waals surface area contributed by atoms with E-state index in [2.05, 4.69) is 19.2 Å². The first-order valence-corrected chi connectivity index (χ1v) is 6.87. The Labute approximate surface area is 108 Å². The first kappa shape index (κ1) is 13.3. The first-order valence-electron chi connectivity index (χ1n) is 6.87. The number of carbonyl (C=O) groups excluding carboxylic acids is 2. The third-order valence-corrected chi connectivity index (χ3v) is 4.21. The molecule has 5 nitrogen and oxygen atoms in total. The summed E-state index contributed by atoms with van der Waals surface area (Å²) in [5, 5.41) is 3.02. The standard InChI is InChI=1S/C13H23N3O2/c1-10-4-3-6-16(11(10)2)13(18)9-15-7-5-14-8-12(15)17/h10-11,14H,3-9H2,1-2H3/t10-,11-/m0/s1. The van der Waals surface area contributed by atoms with Crippen LogP contribution in [0.3, 0.4) is 0 Å². The maximum atomic E-state index is 12.3. The lowest BCUT2D eigenvalue weighted by Gasteiger charge is -2.39. The third kappa shape index (κ3) is 2.83. The topological polar surface area (TPSA) is 52.7 Å². The average molecular weight is 253 g/mol. The van der Waals surface area contributed by atoms with Gasteiger partial charge in [-0.15, -0.1) is 0 Å². The highest BCUT2D eigenvalue weighted by Gasteiger charge is 2.30. The van der Waals surface area contributed by atoms with Gasteiger partial charge in [-0.1, -0.05) is 6.92 Å². The number of amides is 2. The largest absolute Gasteiger partial charge is 0.338 e. The Morgan fingerprint density at radius 1 is 1.39 bits per heavy atom. The van der Waals surface area contributed by atoms with E-state index in [-0.39, 0.29) is 18.4 Å². The number of hydrogen-bond acceptors (Lipinski definition) is 3. The fourth-order valence-corrected chi connectivity index (χ4v) is 2.75. The van der Waals surface area contributed by atoms with Gasteiger partial charge in [0.25, 0.3) is 0 Å². The fourth-order valence-electron chi connectivity index (χ4n) is 2.75. The van der Waals surface area contributed by atoms with Crippen LogP contribution in [0.1, 0.15) is 26.7 Å². The van der Waals surface area contributed by atoms with Crippen LogP contribution in [0.2, 0.25) is 0 Å². The van der Waals surface area contributed by atoms with Crippen LogP contribution in [0.4, 0.5) is 0 Å². The molecule has 5 heteroatoms. The molecule has 0 unspecified atom stereocenters. The number of hydrogen-bond donors (Lipinski definition) is 1. The van der Waals surface area contributed by atoms with Crippen molar-refractivity contribution in [2.75, 3.05) is 32.7 Å². The minimum atomic E-state index is 0.0345. The van der Waals surface area contributed by atoms with Crippen molar-refractivity contribution in [1.82, 2.24) is 15.1 Å². The number of nitrogens with zero attached hydrogens (tertiary/aromatic N) is 2. The van der Waals surface area contributed by atoms with Gasteiger partial charge in [-0.25, -0.2) is 0 Å². The maximum Gasteiger partial charge on any atom is 0.242 e. The van der Waals surface area contributed by atoms with Crippen molar-refractivity contribution in [3.63, 3.8) is 0 Å². The van der Waals surface area contributed by atoms with Crippen LogP contribution in [0.25, 0.3) is 0 Å². The van der Waals surface area contributed by atoms with Crippen LogP contribution >= 0.6 is 0 Å². The maximum absolute atomic E-state index is 12.3. The summed E-state index contributed by atoms with van der Waals surface area (Å²) in [6.45, 7) is 7.18. The van der Waals surface area contributed by atoms with E-state index < -0.39 is 0 Å². The Hall–Kier alpha value is -1.10. The van der Waals surface area contributed by atoms with E-state index in [1.165, 1.54) is 6.42 Å². The van der Waals surface area contributed by atoms with Gasteiger partial charge in [-0.3, -0.25) is 9.59 Å². The van der Waals surface area contributed by atoms with E-state index in [0.717, 1.165) is 19.5 Å². The summed E-state index contributed by atoms with van der Waals surface area (Å²) in [4.78, 5) is 27.5. The highest BCUT2D eigenvalue weighted by Crippen LogP contribution is 2.22. The van der Waals surface area contributed by atoms with Gasteiger partial charge in [0.1, 0.15) is 0 Å². The summed E-state index contributed by atoms with van der Waals surface area (Å²) in [6.07, 6.45) is 2.27. The quantitative estimate of drug-likeness (QED) is 0.757. The van der Waals surface area contributed by atoms with Gasteiger partial charge in [0, 0.05) is 25.7 Å². The molecule has 0 saturated carbocycles. The van der Waals surface area contributed by atoms with Crippen molar-refractivity contribution in [2.24, 2.45) is 5.92 Å². The summed E-state index contributed by atoms with van der Waals surface area (Å²) in [6, 6.07) is 0.296. The van der Waals surface area contributed by atoms with Crippen LogP contribution in [0, 0.1) is 5.92 Å². The number of nitrogens with one attached hydrogen (secondary N) is 1. The van der Waals surface area contributed by atoms with Gasteiger partial charge in [0.15, 0.2) is 0 Å². The molecular weight excluding hydrogens is 230 g/mol. The molecular formula is C13H23N3O2. The third-order valence-electron chi connectivity index (χ3n) is 4.21. The van der Waals surface area contributed by atoms with Gasteiger partial charge < -0.3 is 15.1 Å². The molecule has 2 saturated heterocycles. The minimum Gasteiger partial charge on any atom is -0.338 e. The molecule has 0 bridgehead atoms. The second kappa shape index (κ2) is 5.69. The number of carbonyl (C=O) groups is 2. The molecule has 2 heterocycles. The Balaban J connectivity index is 1.92. The van der Waals surface area contributed by atoms with Crippen LogP contribution < -0.4 is 5.32 Å². The molecule has 0 aromatic rings. The van der Waals surface area contributed by atoms with Gasteiger partial charge in [-0.05, 0) is 25.7 Å².